The van der Waals surface area contributed by atoms with Crippen LogP contribution in [-0.2, 0) is 24.8 Å². The average Bonchev–Trinajstić information content (AvgIpc) is 3.62. The molecule has 0 unspecified atom stereocenters. The molecule has 0 radical (unpaired) electrons. The van der Waals surface area contributed by atoms with Crippen molar-refractivity contribution in [1.82, 2.24) is 10.2 Å². The summed E-state index contributed by atoms with van der Waals surface area (Å²) in [6.07, 6.45) is 3.68. The van der Waals surface area contributed by atoms with E-state index in [0.717, 1.165) is 31.2 Å². The highest BCUT2D eigenvalue weighted by atomic mass is 32.2. The Morgan fingerprint density at radius 2 is 1.97 bits per heavy atom. The van der Waals surface area contributed by atoms with E-state index in [4.69, 9.17) is 9.47 Å². The van der Waals surface area contributed by atoms with Crippen LogP contribution in [0, 0.1) is 11.7 Å². The highest BCUT2D eigenvalue weighted by Crippen LogP contribution is 2.50. The van der Waals surface area contributed by atoms with E-state index < -0.39 is 27.1 Å². The summed E-state index contributed by atoms with van der Waals surface area (Å²) in [4.78, 5) is 23.9. The maximum Gasteiger partial charge on any atom is 0.324 e. The van der Waals surface area contributed by atoms with Crippen LogP contribution >= 0.6 is 0 Å². The molecule has 8 nitrogen and oxygen atoms in total. The molecule has 2 aliphatic carbocycles. The van der Waals surface area contributed by atoms with Crippen LogP contribution in [0.5, 0.6) is 5.75 Å². The molecule has 3 aliphatic rings. The van der Waals surface area contributed by atoms with Crippen molar-refractivity contribution in [3.63, 3.8) is 0 Å². The predicted octanol–water partition coefficient (Wildman–Crippen LogP) is 1.63. The largest absolute Gasteiger partial charge is 0.490 e. The van der Waals surface area contributed by atoms with Crippen molar-refractivity contribution in [2.75, 3.05) is 44.4 Å². The molecule has 1 aliphatic heterocycles. The Kier molecular flexibility index (Phi) is 6.20. The lowest BCUT2D eigenvalue weighted by Gasteiger charge is -2.18. The first-order valence-electron chi connectivity index (χ1n) is 10.6. The van der Waals surface area contributed by atoms with Crippen LogP contribution in [0.15, 0.2) is 18.2 Å². The molecule has 10 heteroatoms. The molecule has 1 aromatic rings. The lowest BCUT2D eigenvalue weighted by molar-refractivity contribution is -0.118. The number of imide groups is 1. The lowest BCUT2D eigenvalue weighted by atomic mass is 9.98. The molecule has 3 fully saturated rings. The van der Waals surface area contributed by atoms with Crippen LogP contribution in [-0.4, -0.2) is 69.7 Å². The second-order valence-electron chi connectivity index (χ2n) is 8.66. The Bertz CT molecular complexity index is 959. The van der Waals surface area contributed by atoms with E-state index in [1.165, 1.54) is 11.0 Å². The zero-order valence-electron chi connectivity index (χ0n) is 17.3. The molecule has 2 saturated carbocycles. The van der Waals surface area contributed by atoms with Gasteiger partial charge in [0.15, 0.2) is 21.4 Å². The second kappa shape index (κ2) is 8.74. The molecule has 1 aromatic carbocycles. The number of carbonyl (C=O) groups excluding carboxylic acids is 2. The van der Waals surface area contributed by atoms with Gasteiger partial charge in [0, 0.05) is 12.0 Å². The number of benzene rings is 1. The first kappa shape index (κ1) is 22.0. The van der Waals surface area contributed by atoms with Gasteiger partial charge in [0.05, 0.1) is 31.3 Å². The quantitative estimate of drug-likeness (QED) is 0.381. The Hall–Kier alpha value is -2.20. The number of urea groups is 1. The number of ether oxygens (including phenoxy) is 2. The molecular formula is C21H27FN2O6S. The third kappa shape index (κ3) is 5.74. The van der Waals surface area contributed by atoms with Crippen molar-refractivity contribution < 1.29 is 31.9 Å². The van der Waals surface area contributed by atoms with Gasteiger partial charge in [-0.05, 0) is 49.3 Å². The second-order valence-corrected chi connectivity index (χ2v) is 10.8. The molecule has 0 aromatic heterocycles. The number of rotatable bonds is 12. The van der Waals surface area contributed by atoms with Gasteiger partial charge in [0.2, 0.25) is 5.91 Å². The lowest BCUT2D eigenvalue weighted by Crippen LogP contribution is -2.32. The van der Waals surface area contributed by atoms with Gasteiger partial charge in [-0.2, -0.15) is 0 Å². The highest BCUT2D eigenvalue weighted by Gasteiger charge is 2.47. The monoisotopic (exact) mass is 454 g/mol. The summed E-state index contributed by atoms with van der Waals surface area (Å²) in [5, 5.41) is 2.17. The first-order valence-corrected chi connectivity index (χ1v) is 12.4. The molecule has 170 valence electrons. The van der Waals surface area contributed by atoms with Gasteiger partial charge in [-0.25, -0.2) is 17.6 Å². The highest BCUT2D eigenvalue weighted by molar-refractivity contribution is 7.91. The number of hydrogen-bond donors (Lipinski definition) is 1. The maximum absolute atomic E-state index is 14.1. The van der Waals surface area contributed by atoms with Gasteiger partial charge in [0.1, 0.15) is 6.54 Å². The number of amides is 3. The number of hydrogen-bond acceptors (Lipinski definition) is 6. The van der Waals surface area contributed by atoms with Crippen molar-refractivity contribution >= 4 is 21.8 Å². The van der Waals surface area contributed by atoms with E-state index >= 15 is 0 Å². The number of nitrogens with one attached hydrogen (secondary N) is 1. The van der Waals surface area contributed by atoms with Gasteiger partial charge in [-0.3, -0.25) is 10.1 Å². The number of carbonyl (C=O) groups is 2. The molecule has 4 rings (SSSR count). The average molecular weight is 455 g/mol. The minimum atomic E-state index is -3.39. The first-order chi connectivity index (χ1) is 14.8. The standard InChI is InChI=1S/C21H27FN2O6S/c22-17-4-3-16(11-18(17)30-13-15-1-2-15)21(5-6-21)14-31(27,28)10-9-29-8-7-24-12-19(25)23-20(24)26/h3-4,11,15H,1-2,5-10,12-14H2,(H,23,25,26). The summed E-state index contributed by atoms with van der Waals surface area (Å²) in [6.45, 7) is 0.881. The van der Waals surface area contributed by atoms with Crippen LogP contribution < -0.4 is 10.1 Å². The minimum absolute atomic E-state index is 0.00690. The van der Waals surface area contributed by atoms with E-state index in [1.54, 1.807) is 12.1 Å². The number of halogens is 1. The number of nitrogens with zero attached hydrogens (tertiary/aromatic N) is 1. The fourth-order valence-electron chi connectivity index (χ4n) is 3.72. The zero-order chi connectivity index (χ0) is 22.1. The summed E-state index contributed by atoms with van der Waals surface area (Å²) in [7, 11) is -3.39. The number of sulfone groups is 1. The molecular weight excluding hydrogens is 427 g/mol. The Morgan fingerprint density at radius 1 is 1.19 bits per heavy atom. The van der Waals surface area contributed by atoms with Crippen molar-refractivity contribution in [3.05, 3.63) is 29.6 Å². The van der Waals surface area contributed by atoms with E-state index in [2.05, 4.69) is 5.32 Å². The third-order valence-corrected chi connectivity index (χ3v) is 7.76. The van der Waals surface area contributed by atoms with Crippen molar-refractivity contribution in [2.24, 2.45) is 5.92 Å². The predicted molar refractivity (Wildman–Crippen MR) is 110 cm³/mol. The summed E-state index contributed by atoms with van der Waals surface area (Å²) in [6, 6.07) is 4.20. The Balaban J connectivity index is 1.26. The van der Waals surface area contributed by atoms with Crippen LogP contribution in [0.1, 0.15) is 31.2 Å². The fourth-order valence-corrected chi connectivity index (χ4v) is 5.54. The minimum Gasteiger partial charge on any atom is -0.490 e. The molecule has 31 heavy (non-hydrogen) atoms. The molecule has 1 N–H and O–H groups in total. The Labute approximate surface area is 181 Å². The van der Waals surface area contributed by atoms with Crippen LogP contribution in [0.4, 0.5) is 9.18 Å². The van der Waals surface area contributed by atoms with Gasteiger partial charge in [-0.15, -0.1) is 0 Å². The van der Waals surface area contributed by atoms with Crippen LogP contribution in [0.3, 0.4) is 0 Å². The van der Waals surface area contributed by atoms with Gasteiger partial charge >= 0.3 is 6.03 Å². The molecule has 0 spiro atoms. The SMILES string of the molecule is O=C1CN(CCOCCS(=O)(=O)CC2(c3ccc(F)c(OCC4CC4)c3)CC2)C(=O)N1. The third-order valence-electron chi connectivity index (χ3n) is 5.98. The molecule has 1 heterocycles. The maximum atomic E-state index is 14.1. The topological polar surface area (TPSA) is 102 Å². The summed E-state index contributed by atoms with van der Waals surface area (Å²) >= 11 is 0. The molecule has 0 bridgehead atoms. The molecule has 1 saturated heterocycles. The van der Waals surface area contributed by atoms with Gasteiger partial charge in [0.25, 0.3) is 0 Å². The molecule has 0 atom stereocenters. The normalized spacial score (nSPS) is 20.1. The van der Waals surface area contributed by atoms with E-state index in [1.807, 2.05) is 0 Å². The summed E-state index contributed by atoms with van der Waals surface area (Å²) in [5.74, 6) is -0.236. The fraction of sp³-hybridized carbons (Fsp3) is 0.619. The van der Waals surface area contributed by atoms with Gasteiger partial charge in [-0.1, -0.05) is 6.07 Å². The van der Waals surface area contributed by atoms with Crippen LogP contribution in [0.25, 0.3) is 0 Å². The van der Waals surface area contributed by atoms with E-state index in [9.17, 15) is 22.4 Å². The van der Waals surface area contributed by atoms with E-state index in [0.29, 0.717) is 12.5 Å². The van der Waals surface area contributed by atoms with Crippen molar-refractivity contribution in [1.29, 1.82) is 0 Å². The Morgan fingerprint density at radius 3 is 2.61 bits per heavy atom. The zero-order valence-corrected chi connectivity index (χ0v) is 18.1. The van der Waals surface area contributed by atoms with Crippen molar-refractivity contribution in [3.8, 4) is 5.75 Å². The van der Waals surface area contributed by atoms with Crippen molar-refractivity contribution in [2.45, 2.75) is 31.1 Å². The summed E-state index contributed by atoms with van der Waals surface area (Å²) < 4.78 is 50.3. The summed E-state index contributed by atoms with van der Waals surface area (Å²) in [5.41, 5.74) is 0.312. The molecule has 3 amide bonds. The smallest absolute Gasteiger partial charge is 0.324 e. The van der Waals surface area contributed by atoms with Crippen LogP contribution in [0.2, 0.25) is 0 Å². The van der Waals surface area contributed by atoms with E-state index in [-0.39, 0.29) is 49.5 Å². The van der Waals surface area contributed by atoms with Gasteiger partial charge < -0.3 is 14.4 Å².